The van der Waals surface area contributed by atoms with E-state index in [4.69, 9.17) is 9.84 Å². The van der Waals surface area contributed by atoms with Crippen LogP contribution in [0.1, 0.15) is 38.4 Å². The maximum Gasteiger partial charge on any atom is 0.303 e. The second-order valence-corrected chi connectivity index (χ2v) is 5.00. The second kappa shape index (κ2) is 5.43. The average Bonchev–Trinajstić information content (AvgIpc) is 2.85. The number of rotatable bonds is 5. The van der Waals surface area contributed by atoms with Gasteiger partial charge in [-0.15, -0.1) is 5.10 Å². The van der Waals surface area contributed by atoms with E-state index >= 15 is 0 Å². The van der Waals surface area contributed by atoms with Crippen LogP contribution in [0, 0.1) is 5.92 Å². The number of aromatic nitrogens is 4. The second-order valence-electron chi connectivity index (χ2n) is 5.00. The lowest BCUT2D eigenvalue weighted by atomic mass is 10.0. The van der Waals surface area contributed by atoms with Gasteiger partial charge in [-0.05, 0) is 29.7 Å². The molecule has 0 radical (unpaired) electrons. The van der Waals surface area contributed by atoms with Gasteiger partial charge in [0.2, 0.25) is 0 Å². The van der Waals surface area contributed by atoms with E-state index < -0.39 is 5.97 Å². The first-order valence-electron chi connectivity index (χ1n) is 6.15. The van der Waals surface area contributed by atoms with Crippen LogP contribution in [0.4, 0.5) is 0 Å². The molecule has 2 heterocycles. The van der Waals surface area contributed by atoms with Crippen LogP contribution in [0.3, 0.4) is 0 Å². The van der Waals surface area contributed by atoms with E-state index in [1.54, 1.807) is 4.68 Å². The lowest BCUT2D eigenvalue weighted by Crippen LogP contribution is -2.17. The predicted octanol–water partition coefficient (Wildman–Crippen LogP) is 0.676. The first kappa shape index (κ1) is 12.9. The summed E-state index contributed by atoms with van der Waals surface area (Å²) in [6.45, 7) is 5.07. The van der Waals surface area contributed by atoms with E-state index in [0.29, 0.717) is 13.2 Å². The highest BCUT2D eigenvalue weighted by atomic mass is 16.5. The standard InChI is InChI=1S/C11H18N4O3/c1-7(3-10(16)17)5-15-11(12-13-14-15)9-4-8(2)18-6-9/h7-9H,3-6H2,1-2H3,(H,16,17). The molecule has 0 spiro atoms. The van der Waals surface area contributed by atoms with Gasteiger partial charge in [-0.3, -0.25) is 4.79 Å². The molecule has 3 unspecified atom stereocenters. The Morgan fingerprint density at radius 1 is 1.67 bits per heavy atom. The molecule has 7 nitrogen and oxygen atoms in total. The highest BCUT2D eigenvalue weighted by Crippen LogP contribution is 2.27. The van der Waals surface area contributed by atoms with Crippen molar-refractivity contribution in [2.45, 2.75) is 45.3 Å². The van der Waals surface area contributed by atoms with Crippen LogP contribution >= 0.6 is 0 Å². The van der Waals surface area contributed by atoms with Gasteiger partial charge in [0.15, 0.2) is 5.82 Å². The van der Waals surface area contributed by atoms with Crippen molar-refractivity contribution in [1.29, 1.82) is 0 Å². The first-order chi connectivity index (χ1) is 8.56. The monoisotopic (exact) mass is 254 g/mol. The van der Waals surface area contributed by atoms with Crippen molar-refractivity contribution in [1.82, 2.24) is 20.2 Å². The summed E-state index contributed by atoms with van der Waals surface area (Å²) < 4.78 is 7.22. The van der Waals surface area contributed by atoms with Gasteiger partial charge in [-0.1, -0.05) is 6.92 Å². The zero-order valence-corrected chi connectivity index (χ0v) is 10.6. The molecular weight excluding hydrogens is 236 g/mol. The molecule has 1 aromatic heterocycles. The molecule has 3 atom stereocenters. The van der Waals surface area contributed by atoms with E-state index in [2.05, 4.69) is 15.5 Å². The van der Waals surface area contributed by atoms with Gasteiger partial charge >= 0.3 is 5.97 Å². The number of tetrazole rings is 1. The number of nitrogens with zero attached hydrogens (tertiary/aromatic N) is 4. The van der Waals surface area contributed by atoms with Gasteiger partial charge in [0.25, 0.3) is 0 Å². The van der Waals surface area contributed by atoms with Crippen molar-refractivity contribution in [3.8, 4) is 0 Å². The molecule has 1 aliphatic heterocycles. The molecule has 0 amide bonds. The van der Waals surface area contributed by atoms with Crippen molar-refractivity contribution >= 4 is 5.97 Å². The molecule has 18 heavy (non-hydrogen) atoms. The third-order valence-electron chi connectivity index (χ3n) is 3.13. The fourth-order valence-corrected chi connectivity index (χ4v) is 2.29. The molecule has 0 aliphatic carbocycles. The molecule has 1 fully saturated rings. The van der Waals surface area contributed by atoms with Crippen LogP contribution < -0.4 is 0 Å². The number of hydrogen-bond acceptors (Lipinski definition) is 5. The Kier molecular flexibility index (Phi) is 3.90. The third-order valence-corrected chi connectivity index (χ3v) is 3.13. The lowest BCUT2D eigenvalue weighted by Gasteiger charge is -2.12. The zero-order chi connectivity index (χ0) is 13.1. The molecule has 0 saturated carbocycles. The molecule has 0 aromatic carbocycles. The Labute approximate surface area is 105 Å². The topological polar surface area (TPSA) is 90.1 Å². The highest BCUT2D eigenvalue weighted by Gasteiger charge is 2.28. The minimum absolute atomic E-state index is 0.00416. The summed E-state index contributed by atoms with van der Waals surface area (Å²) in [6, 6.07) is 0. The van der Waals surface area contributed by atoms with Gasteiger partial charge < -0.3 is 9.84 Å². The molecular formula is C11H18N4O3. The van der Waals surface area contributed by atoms with Crippen LogP contribution in [-0.2, 0) is 16.1 Å². The van der Waals surface area contributed by atoms with Gasteiger partial charge in [0.05, 0.1) is 12.7 Å². The quantitative estimate of drug-likeness (QED) is 0.830. The van der Waals surface area contributed by atoms with Gasteiger partial charge in [-0.2, -0.15) is 0 Å². The Morgan fingerprint density at radius 2 is 2.44 bits per heavy atom. The molecule has 1 aliphatic rings. The Morgan fingerprint density at radius 3 is 3.06 bits per heavy atom. The largest absolute Gasteiger partial charge is 0.481 e. The number of ether oxygens (including phenoxy) is 1. The number of carboxylic acids is 1. The number of carbonyl (C=O) groups is 1. The molecule has 1 saturated heterocycles. The summed E-state index contributed by atoms with van der Waals surface area (Å²) in [7, 11) is 0. The average molecular weight is 254 g/mol. The first-order valence-corrected chi connectivity index (χ1v) is 6.15. The van der Waals surface area contributed by atoms with Crippen LogP contribution in [0.2, 0.25) is 0 Å². The lowest BCUT2D eigenvalue weighted by molar-refractivity contribution is -0.138. The van der Waals surface area contributed by atoms with Crippen molar-refractivity contribution in [3.05, 3.63) is 5.82 Å². The van der Waals surface area contributed by atoms with E-state index in [0.717, 1.165) is 12.2 Å². The van der Waals surface area contributed by atoms with Crippen LogP contribution in [0.15, 0.2) is 0 Å². The summed E-state index contributed by atoms with van der Waals surface area (Å²) >= 11 is 0. The molecule has 1 aromatic rings. The SMILES string of the molecule is CC(CC(=O)O)Cn1nnnc1C1COC(C)C1. The highest BCUT2D eigenvalue weighted by molar-refractivity contribution is 5.66. The normalized spacial score (nSPS) is 25.2. The van der Waals surface area contributed by atoms with E-state index in [-0.39, 0.29) is 24.4 Å². The summed E-state index contributed by atoms with van der Waals surface area (Å²) in [5, 5.41) is 20.4. The number of aliphatic carboxylic acids is 1. The molecule has 7 heteroatoms. The summed E-state index contributed by atoms with van der Waals surface area (Å²) in [5.41, 5.74) is 0. The fraction of sp³-hybridized carbons (Fsp3) is 0.818. The van der Waals surface area contributed by atoms with Crippen molar-refractivity contribution in [2.75, 3.05) is 6.61 Å². The molecule has 100 valence electrons. The molecule has 1 N–H and O–H groups in total. The van der Waals surface area contributed by atoms with Crippen LogP contribution in [0.25, 0.3) is 0 Å². The van der Waals surface area contributed by atoms with Crippen LogP contribution in [-0.4, -0.2) is 44.0 Å². The van der Waals surface area contributed by atoms with Crippen molar-refractivity contribution in [3.63, 3.8) is 0 Å². The van der Waals surface area contributed by atoms with Crippen molar-refractivity contribution < 1.29 is 14.6 Å². The third kappa shape index (κ3) is 3.04. The van der Waals surface area contributed by atoms with Gasteiger partial charge in [-0.25, -0.2) is 4.68 Å². The van der Waals surface area contributed by atoms with E-state index in [1.165, 1.54) is 0 Å². The fourth-order valence-electron chi connectivity index (χ4n) is 2.29. The Bertz CT molecular complexity index is 420. The predicted molar refractivity (Wildman–Crippen MR) is 62.0 cm³/mol. The Hall–Kier alpha value is -1.50. The minimum atomic E-state index is -0.796. The maximum absolute atomic E-state index is 10.6. The molecule has 0 bridgehead atoms. The minimum Gasteiger partial charge on any atom is -0.481 e. The summed E-state index contributed by atoms with van der Waals surface area (Å²) in [5.74, 6) is 0.225. The van der Waals surface area contributed by atoms with E-state index in [9.17, 15) is 4.79 Å². The van der Waals surface area contributed by atoms with E-state index in [1.807, 2.05) is 13.8 Å². The van der Waals surface area contributed by atoms with Gasteiger partial charge in [0, 0.05) is 18.9 Å². The van der Waals surface area contributed by atoms with Gasteiger partial charge in [0.1, 0.15) is 0 Å². The summed E-state index contributed by atoms with van der Waals surface area (Å²) in [6.07, 6.45) is 1.27. The van der Waals surface area contributed by atoms with Crippen LogP contribution in [0.5, 0.6) is 0 Å². The summed E-state index contributed by atoms with van der Waals surface area (Å²) in [4.78, 5) is 10.6. The maximum atomic E-state index is 10.6. The number of carboxylic acid groups (broad SMARTS) is 1. The zero-order valence-electron chi connectivity index (χ0n) is 10.6. The number of hydrogen-bond donors (Lipinski definition) is 1. The van der Waals surface area contributed by atoms with Crippen molar-refractivity contribution in [2.24, 2.45) is 5.92 Å². The molecule has 2 rings (SSSR count). The Balaban J connectivity index is 2.01. The smallest absolute Gasteiger partial charge is 0.303 e.